The SMILES string of the molecule is COCc1ccc(CNCc2cccs2)cc1. The maximum absolute atomic E-state index is 5.08. The molecule has 2 nitrogen and oxygen atoms in total. The summed E-state index contributed by atoms with van der Waals surface area (Å²) in [5.41, 5.74) is 2.52. The van der Waals surface area contributed by atoms with E-state index in [0.717, 1.165) is 13.1 Å². The summed E-state index contributed by atoms with van der Waals surface area (Å²) in [5.74, 6) is 0. The maximum Gasteiger partial charge on any atom is 0.0713 e. The van der Waals surface area contributed by atoms with Gasteiger partial charge in [-0.2, -0.15) is 0 Å². The number of hydrogen-bond donors (Lipinski definition) is 1. The highest BCUT2D eigenvalue weighted by Gasteiger charge is 1.96. The molecule has 0 aliphatic rings. The average Bonchev–Trinajstić information content (AvgIpc) is 2.85. The Bertz CT molecular complexity index is 422. The van der Waals surface area contributed by atoms with Crippen molar-refractivity contribution in [2.24, 2.45) is 0 Å². The van der Waals surface area contributed by atoms with Gasteiger partial charge < -0.3 is 10.1 Å². The molecule has 0 spiro atoms. The van der Waals surface area contributed by atoms with E-state index >= 15 is 0 Å². The molecule has 2 aromatic rings. The molecule has 0 aliphatic carbocycles. The molecule has 1 aromatic heterocycles. The fraction of sp³-hybridized carbons (Fsp3) is 0.286. The van der Waals surface area contributed by atoms with Crippen LogP contribution < -0.4 is 5.32 Å². The van der Waals surface area contributed by atoms with E-state index in [-0.39, 0.29) is 0 Å². The van der Waals surface area contributed by atoms with Crippen molar-refractivity contribution in [3.63, 3.8) is 0 Å². The van der Waals surface area contributed by atoms with E-state index in [1.54, 1.807) is 18.4 Å². The second-order valence-corrected chi connectivity index (χ2v) is 4.96. The van der Waals surface area contributed by atoms with Gasteiger partial charge >= 0.3 is 0 Å². The van der Waals surface area contributed by atoms with Gasteiger partial charge in [0.1, 0.15) is 0 Å². The predicted molar refractivity (Wildman–Crippen MR) is 72.0 cm³/mol. The normalized spacial score (nSPS) is 10.6. The maximum atomic E-state index is 5.08. The summed E-state index contributed by atoms with van der Waals surface area (Å²) in [4.78, 5) is 1.38. The van der Waals surface area contributed by atoms with Crippen LogP contribution in [0.2, 0.25) is 0 Å². The quantitative estimate of drug-likeness (QED) is 0.846. The number of ether oxygens (including phenoxy) is 1. The minimum Gasteiger partial charge on any atom is -0.380 e. The topological polar surface area (TPSA) is 21.3 Å². The van der Waals surface area contributed by atoms with Crippen LogP contribution in [-0.4, -0.2) is 7.11 Å². The first-order valence-corrected chi connectivity index (χ1v) is 6.56. The van der Waals surface area contributed by atoms with E-state index in [2.05, 4.69) is 47.1 Å². The first-order valence-electron chi connectivity index (χ1n) is 5.68. The molecular weight excluding hydrogens is 230 g/mol. The number of hydrogen-bond acceptors (Lipinski definition) is 3. The van der Waals surface area contributed by atoms with Crippen LogP contribution in [0.1, 0.15) is 16.0 Å². The van der Waals surface area contributed by atoms with Gasteiger partial charge in [-0.15, -0.1) is 11.3 Å². The summed E-state index contributed by atoms with van der Waals surface area (Å²) in [6.07, 6.45) is 0. The smallest absolute Gasteiger partial charge is 0.0713 e. The number of methoxy groups -OCH3 is 1. The largest absolute Gasteiger partial charge is 0.380 e. The van der Waals surface area contributed by atoms with Gasteiger partial charge in [-0.1, -0.05) is 30.3 Å². The van der Waals surface area contributed by atoms with Crippen LogP contribution in [0.25, 0.3) is 0 Å². The van der Waals surface area contributed by atoms with Crippen molar-refractivity contribution < 1.29 is 4.74 Å². The summed E-state index contributed by atoms with van der Waals surface area (Å²) in [5, 5.41) is 5.54. The van der Waals surface area contributed by atoms with Crippen molar-refractivity contribution in [2.45, 2.75) is 19.7 Å². The van der Waals surface area contributed by atoms with Gasteiger partial charge in [0, 0.05) is 25.1 Å². The molecule has 90 valence electrons. The summed E-state index contributed by atoms with van der Waals surface area (Å²) < 4.78 is 5.08. The van der Waals surface area contributed by atoms with Crippen LogP contribution in [-0.2, 0) is 24.4 Å². The zero-order chi connectivity index (χ0) is 11.9. The third-order valence-electron chi connectivity index (χ3n) is 2.54. The lowest BCUT2D eigenvalue weighted by atomic mass is 10.1. The van der Waals surface area contributed by atoms with E-state index in [4.69, 9.17) is 4.74 Å². The van der Waals surface area contributed by atoms with Crippen LogP contribution in [0, 0.1) is 0 Å². The Labute approximate surface area is 106 Å². The minimum absolute atomic E-state index is 0.683. The van der Waals surface area contributed by atoms with Crippen molar-refractivity contribution in [3.8, 4) is 0 Å². The lowest BCUT2D eigenvalue weighted by molar-refractivity contribution is 0.185. The van der Waals surface area contributed by atoms with E-state index < -0.39 is 0 Å². The van der Waals surface area contributed by atoms with Crippen LogP contribution in [0.3, 0.4) is 0 Å². The lowest BCUT2D eigenvalue weighted by Gasteiger charge is -2.05. The molecule has 1 heterocycles. The molecular formula is C14H17NOS. The van der Waals surface area contributed by atoms with Gasteiger partial charge in [0.05, 0.1) is 6.61 Å². The highest BCUT2D eigenvalue weighted by molar-refractivity contribution is 7.09. The summed E-state index contributed by atoms with van der Waals surface area (Å²) >= 11 is 1.79. The Morgan fingerprint density at radius 3 is 2.47 bits per heavy atom. The fourth-order valence-corrected chi connectivity index (χ4v) is 2.34. The van der Waals surface area contributed by atoms with Gasteiger partial charge in [0.15, 0.2) is 0 Å². The van der Waals surface area contributed by atoms with Crippen LogP contribution in [0.4, 0.5) is 0 Å². The molecule has 0 atom stereocenters. The molecule has 2 rings (SSSR count). The van der Waals surface area contributed by atoms with Gasteiger partial charge in [-0.25, -0.2) is 0 Å². The monoisotopic (exact) mass is 247 g/mol. The second-order valence-electron chi connectivity index (χ2n) is 3.93. The van der Waals surface area contributed by atoms with E-state index in [9.17, 15) is 0 Å². The molecule has 0 unspecified atom stereocenters. The molecule has 0 amide bonds. The molecule has 17 heavy (non-hydrogen) atoms. The molecule has 1 N–H and O–H groups in total. The lowest BCUT2D eigenvalue weighted by Crippen LogP contribution is -2.11. The zero-order valence-electron chi connectivity index (χ0n) is 9.98. The number of benzene rings is 1. The van der Waals surface area contributed by atoms with Crippen molar-refractivity contribution in [2.75, 3.05) is 7.11 Å². The molecule has 0 saturated heterocycles. The van der Waals surface area contributed by atoms with Crippen molar-refractivity contribution in [1.82, 2.24) is 5.32 Å². The second kappa shape index (κ2) is 6.55. The first kappa shape index (κ1) is 12.3. The van der Waals surface area contributed by atoms with Crippen LogP contribution >= 0.6 is 11.3 Å². The highest BCUT2D eigenvalue weighted by Crippen LogP contribution is 2.09. The molecule has 0 bridgehead atoms. The molecule has 0 fully saturated rings. The fourth-order valence-electron chi connectivity index (χ4n) is 1.66. The van der Waals surface area contributed by atoms with E-state index in [1.807, 2.05) is 0 Å². The number of thiophene rings is 1. The van der Waals surface area contributed by atoms with Crippen molar-refractivity contribution >= 4 is 11.3 Å². The molecule has 0 radical (unpaired) electrons. The van der Waals surface area contributed by atoms with Gasteiger partial charge in [0.2, 0.25) is 0 Å². The first-order chi connectivity index (χ1) is 8.38. The van der Waals surface area contributed by atoms with E-state index in [1.165, 1.54) is 16.0 Å². The van der Waals surface area contributed by atoms with Crippen LogP contribution in [0.15, 0.2) is 41.8 Å². The minimum atomic E-state index is 0.683. The summed E-state index contributed by atoms with van der Waals surface area (Å²) in [6.45, 7) is 2.53. The standard InChI is InChI=1S/C14H17NOS/c1-16-11-13-6-4-12(5-7-13)9-15-10-14-3-2-8-17-14/h2-8,15H,9-11H2,1H3. The predicted octanol–water partition coefficient (Wildman–Crippen LogP) is 3.18. The van der Waals surface area contributed by atoms with Gasteiger partial charge in [-0.3, -0.25) is 0 Å². The van der Waals surface area contributed by atoms with Gasteiger partial charge in [-0.05, 0) is 22.6 Å². The number of rotatable bonds is 6. The Hall–Kier alpha value is -1.16. The highest BCUT2D eigenvalue weighted by atomic mass is 32.1. The third kappa shape index (κ3) is 3.97. The Kier molecular flexibility index (Phi) is 4.74. The summed E-state index contributed by atoms with van der Waals surface area (Å²) in [7, 11) is 1.72. The molecule has 3 heteroatoms. The molecule has 1 aromatic carbocycles. The Morgan fingerprint density at radius 2 is 1.82 bits per heavy atom. The van der Waals surface area contributed by atoms with Crippen LogP contribution in [0.5, 0.6) is 0 Å². The third-order valence-corrected chi connectivity index (χ3v) is 3.42. The Morgan fingerprint density at radius 1 is 1.06 bits per heavy atom. The summed E-state index contributed by atoms with van der Waals surface area (Å²) in [6, 6.07) is 12.8. The average molecular weight is 247 g/mol. The van der Waals surface area contributed by atoms with E-state index in [0.29, 0.717) is 6.61 Å². The van der Waals surface area contributed by atoms with Crippen molar-refractivity contribution in [1.29, 1.82) is 0 Å². The zero-order valence-corrected chi connectivity index (χ0v) is 10.8. The van der Waals surface area contributed by atoms with Crippen molar-refractivity contribution in [3.05, 3.63) is 57.8 Å². The molecule has 0 saturated carbocycles. The Balaban J connectivity index is 1.79. The number of nitrogens with one attached hydrogen (secondary N) is 1. The molecule has 0 aliphatic heterocycles. The van der Waals surface area contributed by atoms with Gasteiger partial charge in [0.25, 0.3) is 0 Å².